The molecule has 0 aliphatic carbocycles. The van der Waals surface area contributed by atoms with Gasteiger partial charge in [-0.3, -0.25) is 14.5 Å². The molecule has 0 spiro atoms. The molecule has 1 N–H and O–H groups in total. The summed E-state index contributed by atoms with van der Waals surface area (Å²) in [7, 11) is 0. The fraction of sp³-hybridized carbons (Fsp3) is 0.188. The second-order valence-electron chi connectivity index (χ2n) is 9.66. The van der Waals surface area contributed by atoms with E-state index in [9.17, 15) is 14.0 Å². The van der Waals surface area contributed by atoms with Gasteiger partial charge in [0.2, 0.25) is 0 Å². The Hall–Kier alpha value is -4.28. The fourth-order valence-electron chi connectivity index (χ4n) is 4.47. The summed E-state index contributed by atoms with van der Waals surface area (Å²) in [6.07, 6.45) is 5.76. The zero-order chi connectivity index (χ0) is 29.5. The second kappa shape index (κ2) is 13.6. The highest BCUT2D eigenvalue weighted by molar-refractivity contribution is 8.26. The van der Waals surface area contributed by atoms with Crippen LogP contribution in [-0.4, -0.2) is 42.5 Å². The number of hydrogen-bond donors (Lipinski definition) is 1. The van der Waals surface area contributed by atoms with Crippen LogP contribution in [0.4, 0.5) is 4.39 Å². The van der Waals surface area contributed by atoms with Crippen LogP contribution in [0.3, 0.4) is 0 Å². The molecule has 0 unspecified atom stereocenters. The number of amides is 1. The van der Waals surface area contributed by atoms with Gasteiger partial charge in [-0.15, -0.1) is 0 Å². The van der Waals surface area contributed by atoms with Gasteiger partial charge in [-0.25, -0.2) is 9.07 Å². The van der Waals surface area contributed by atoms with Gasteiger partial charge in [0.25, 0.3) is 5.91 Å². The largest absolute Gasteiger partial charge is 0.489 e. The number of nitrogens with zero attached hydrogens (tertiary/aromatic N) is 3. The van der Waals surface area contributed by atoms with E-state index in [0.717, 1.165) is 16.8 Å². The number of hydrogen-bond acceptors (Lipinski definition) is 6. The molecule has 0 atom stereocenters. The third-order valence-corrected chi connectivity index (χ3v) is 8.05. The lowest BCUT2D eigenvalue weighted by molar-refractivity contribution is -0.137. The van der Waals surface area contributed by atoms with E-state index in [1.807, 2.05) is 66.9 Å². The summed E-state index contributed by atoms with van der Waals surface area (Å²) in [6, 6.07) is 23.6. The maximum atomic E-state index is 14.0. The summed E-state index contributed by atoms with van der Waals surface area (Å²) in [5, 5.41) is 13.7. The van der Waals surface area contributed by atoms with Crippen molar-refractivity contribution >= 4 is 46.3 Å². The van der Waals surface area contributed by atoms with Crippen LogP contribution in [0.1, 0.15) is 36.8 Å². The van der Waals surface area contributed by atoms with Crippen LogP contribution >= 0.6 is 24.0 Å². The van der Waals surface area contributed by atoms with E-state index < -0.39 is 5.97 Å². The second-order valence-corrected chi connectivity index (χ2v) is 11.3. The van der Waals surface area contributed by atoms with Gasteiger partial charge >= 0.3 is 5.97 Å². The van der Waals surface area contributed by atoms with Crippen molar-refractivity contribution in [1.29, 1.82) is 0 Å². The van der Waals surface area contributed by atoms with Gasteiger partial charge in [0, 0.05) is 35.9 Å². The molecule has 5 rings (SSSR count). The van der Waals surface area contributed by atoms with Gasteiger partial charge in [-0.2, -0.15) is 5.10 Å². The summed E-state index contributed by atoms with van der Waals surface area (Å²) in [5.41, 5.74) is 3.60. The summed E-state index contributed by atoms with van der Waals surface area (Å²) in [5.74, 6) is -0.706. The fourth-order valence-corrected chi connectivity index (χ4v) is 5.77. The molecule has 1 saturated heterocycles. The van der Waals surface area contributed by atoms with Gasteiger partial charge in [-0.05, 0) is 61.4 Å². The number of aromatic nitrogens is 2. The summed E-state index contributed by atoms with van der Waals surface area (Å²) < 4.78 is 22.0. The average Bonchev–Trinajstić information content (AvgIpc) is 3.53. The number of unbranched alkanes of at least 4 members (excludes halogenated alkanes) is 2. The van der Waals surface area contributed by atoms with E-state index in [0.29, 0.717) is 52.0 Å². The SMILES string of the molecule is O=C(O)CCCCCN1C(=O)/C(=C/c2cn(-c3ccccc3)nc2-c2ccc(OCc3ccccc3F)cc2)SC1=S. The molecule has 42 heavy (non-hydrogen) atoms. The first-order chi connectivity index (χ1) is 20.4. The first-order valence-electron chi connectivity index (χ1n) is 13.5. The zero-order valence-corrected chi connectivity index (χ0v) is 24.2. The van der Waals surface area contributed by atoms with Crippen molar-refractivity contribution in [3.8, 4) is 22.7 Å². The molecule has 214 valence electrons. The van der Waals surface area contributed by atoms with Crippen molar-refractivity contribution in [3.05, 3.63) is 107 Å². The molecule has 0 bridgehead atoms. The maximum absolute atomic E-state index is 14.0. The standard InChI is InChI=1S/C32H28FN3O4S2/c33-27-12-7-6-9-23(27)21-40-26-16-14-22(15-17-26)30-24(20-36(34-30)25-10-3-1-4-11-25)19-28-31(39)35(32(41)42-28)18-8-2-5-13-29(37)38/h1,3-4,6-7,9-12,14-17,19-20H,2,5,8,13,18,21H2,(H,37,38)/b28-19-. The van der Waals surface area contributed by atoms with Gasteiger partial charge in [0.15, 0.2) is 0 Å². The van der Waals surface area contributed by atoms with Crippen molar-refractivity contribution in [2.75, 3.05) is 6.54 Å². The Balaban J connectivity index is 1.36. The zero-order valence-electron chi connectivity index (χ0n) is 22.6. The van der Waals surface area contributed by atoms with Crippen LogP contribution < -0.4 is 4.74 Å². The van der Waals surface area contributed by atoms with Crippen LogP contribution in [0.2, 0.25) is 0 Å². The minimum absolute atomic E-state index is 0.112. The highest BCUT2D eigenvalue weighted by Crippen LogP contribution is 2.35. The number of benzene rings is 3. The molecule has 10 heteroatoms. The van der Waals surface area contributed by atoms with Gasteiger partial charge in [0.1, 0.15) is 22.5 Å². The molecule has 1 fully saturated rings. The predicted molar refractivity (Wildman–Crippen MR) is 166 cm³/mol. The number of thiocarbonyl (C=S) groups is 1. The lowest BCUT2D eigenvalue weighted by Crippen LogP contribution is -2.29. The number of rotatable bonds is 12. The van der Waals surface area contributed by atoms with Gasteiger partial charge in [-0.1, -0.05) is 66.8 Å². The van der Waals surface area contributed by atoms with Crippen molar-refractivity contribution < 1.29 is 23.8 Å². The Morgan fingerprint density at radius 3 is 2.48 bits per heavy atom. The minimum atomic E-state index is -0.819. The average molecular weight is 602 g/mol. The van der Waals surface area contributed by atoms with E-state index in [-0.39, 0.29) is 24.8 Å². The van der Waals surface area contributed by atoms with E-state index in [2.05, 4.69) is 0 Å². The number of thioether (sulfide) groups is 1. The Kier molecular flexibility index (Phi) is 9.45. The molecule has 1 aliphatic rings. The number of ether oxygens (including phenoxy) is 1. The van der Waals surface area contributed by atoms with E-state index >= 15 is 0 Å². The summed E-state index contributed by atoms with van der Waals surface area (Å²) in [4.78, 5) is 26.1. The van der Waals surface area contributed by atoms with Crippen molar-refractivity contribution in [3.63, 3.8) is 0 Å². The molecular formula is C32H28FN3O4S2. The highest BCUT2D eigenvalue weighted by Gasteiger charge is 2.32. The van der Waals surface area contributed by atoms with Crippen molar-refractivity contribution in [1.82, 2.24) is 14.7 Å². The molecule has 1 aromatic heterocycles. The summed E-state index contributed by atoms with van der Waals surface area (Å²) >= 11 is 6.75. The molecule has 3 aromatic carbocycles. The Morgan fingerprint density at radius 2 is 1.74 bits per heavy atom. The lowest BCUT2D eigenvalue weighted by Gasteiger charge is -2.13. The van der Waals surface area contributed by atoms with Crippen LogP contribution in [0.15, 0.2) is 90.0 Å². The molecule has 2 heterocycles. The number of carboxylic acids is 1. The monoisotopic (exact) mass is 601 g/mol. The van der Waals surface area contributed by atoms with Crippen LogP contribution in [0.25, 0.3) is 23.0 Å². The van der Waals surface area contributed by atoms with Crippen molar-refractivity contribution in [2.45, 2.75) is 32.3 Å². The maximum Gasteiger partial charge on any atom is 0.303 e. The Labute approximate surface area is 252 Å². The number of aliphatic carboxylic acids is 1. The minimum Gasteiger partial charge on any atom is -0.489 e. The molecule has 0 radical (unpaired) electrons. The quantitative estimate of drug-likeness (QED) is 0.105. The highest BCUT2D eigenvalue weighted by atomic mass is 32.2. The molecule has 0 saturated carbocycles. The lowest BCUT2D eigenvalue weighted by atomic mass is 10.1. The van der Waals surface area contributed by atoms with Gasteiger partial charge < -0.3 is 9.84 Å². The Morgan fingerprint density at radius 1 is 1.00 bits per heavy atom. The molecule has 1 amide bonds. The molecule has 4 aromatic rings. The van der Waals surface area contributed by atoms with Crippen LogP contribution in [-0.2, 0) is 16.2 Å². The molecule has 7 nitrogen and oxygen atoms in total. The summed E-state index contributed by atoms with van der Waals surface area (Å²) in [6.45, 7) is 0.563. The van der Waals surface area contributed by atoms with E-state index in [4.69, 9.17) is 27.2 Å². The molecular weight excluding hydrogens is 574 g/mol. The van der Waals surface area contributed by atoms with Crippen LogP contribution in [0, 0.1) is 5.82 Å². The van der Waals surface area contributed by atoms with Gasteiger partial charge in [0.05, 0.1) is 16.3 Å². The van der Waals surface area contributed by atoms with E-state index in [1.165, 1.54) is 17.8 Å². The predicted octanol–water partition coefficient (Wildman–Crippen LogP) is 7.10. The number of para-hydroxylation sites is 1. The smallest absolute Gasteiger partial charge is 0.303 e. The third kappa shape index (κ3) is 7.13. The number of carbonyl (C=O) groups excluding carboxylic acids is 1. The first kappa shape index (κ1) is 29.2. The van der Waals surface area contributed by atoms with Crippen LogP contribution in [0.5, 0.6) is 5.75 Å². The topological polar surface area (TPSA) is 84.7 Å². The number of halogens is 1. The number of carboxylic acid groups (broad SMARTS) is 1. The van der Waals surface area contributed by atoms with Crippen molar-refractivity contribution in [2.24, 2.45) is 0 Å². The molecule has 1 aliphatic heterocycles. The van der Waals surface area contributed by atoms with E-state index in [1.54, 1.807) is 27.8 Å². The normalized spacial score (nSPS) is 14.1. The Bertz CT molecular complexity index is 1620. The number of carbonyl (C=O) groups is 2. The first-order valence-corrected chi connectivity index (χ1v) is 14.7. The third-order valence-electron chi connectivity index (χ3n) is 6.68.